The summed E-state index contributed by atoms with van der Waals surface area (Å²) in [4.78, 5) is 26.8. The second-order valence-corrected chi connectivity index (χ2v) is 7.54. The van der Waals surface area contributed by atoms with Gasteiger partial charge in [0.05, 0.1) is 6.54 Å². The van der Waals surface area contributed by atoms with Crippen molar-refractivity contribution >= 4 is 38.9 Å². The van der Waals surface area contributed by atoms with Gasteiger partial charge >= 0.3 is 0 Å². The normalized spacial score (nSPS) is 13.8. The number of halogens is 1. The van der Waals surface area contributed by atoms with Gasteiger partial charge < -0.3 is 10.2 Å². The number of hydrogen-bond donors (Lipinski definition) is 1. The molecule has 0 saturated heterocycles. The smallest absolute Gasteiger partial charge is 0.251 e. The van der Waals surface area contributed by atoms with Crippen LogP contribution in [0.4, 0.5) is 10.1 Å². The van der Waals surface area contributed by atoms with Gasteiger partial charge in [-0.25, -0.2) is 4.39 Å². The minimum atomic E-state index is -0.261. The summed E-state index contributed by atoms with van der Waals surface area (Å²) in [7, 11) is 1.75. The second kappa shape index (κ2) is 6.53. The van der Waals surface area contributed by atoms with Crippen molar-refractivity contribution < 1.29 is 14.0 Å². The molecule has 0 saturated carbocycles. The standard InChI is InChI=1S/C20H17FN2O2S/c1-23-17-5-2-13(8-12(17)3-7-19(23)24)20(25)22-11-16-10-14-9-15(21)4-6-18(14)26-16/h2,4-6,8-10H,3,7,11H2,1H3,(H,22,25). The Hall–Kier alpha value is -2.73. The van der Waals surface area contributed by atoms with Crippen molar-refractivity contribution in [2.75, 3.05) is 11.9 Å². The molecule has 26 heavy (non-hydrogen) atoms. The molecule has 6 heteroatoms. The highest BCUT2D eigenvalue weighted by Gasteiger charge is 2.21. The number of hydrogen-bond acceptors (Lipinski definition) is 3. The predicted molar refractivity (Wildman–Crippen MR) is 101 cm³/mol. The van der Waals surface area contributed by atoms with Gasteiger partial charge in [0.2, 0.25) is 5.91 Å². The summed E-state index contributed by atoms with van der Waals surface area (Å²) in [5.41, 5.74) is 2.46. The summed E-state index contributed by atoms with van der Waals surface area (Å²) in [6, 6.07) is 12.0. The van der Waals surface area contributed by atoms with Crippen molar-refractivity contribution in [1.29, 1.82) is 0 Å². The third-order valence-electron chi connectivity index (χ3n) is 4.64. The summed E-state index contributed by atoms with van der Waals surface area (Å²) in [5, 5.41) is 3.76. The van der Waals surface area contributed by atoms with Crippen LogP contribution in [0.5, 0.6) is 0 Å². The highest BCUT2D eigenvalue weighted by atomic mass is 32.1. The Balaban J connectivity index is 1.48. The molecule has 1 aliphatic rings. The summed E-state index contributed by atoms with van der Waals surface area (Å²) in [6.45, 7) is 0.398. The number of benzene rings is 2. The van der Waals surface area contributed by atoms with Crippen LogP contribution < -0.4 is 10.2 Å². The maximum absolute atomic E-state index is 13.3. The van der Waals surface area contributed by atoms with E-state index in [9.17, 15) is 14.0 Å². The van der Waals surface area contributed by atoms with Gasteiger partial charge in [0.15, 0.2) is 0 Å². The lowest BCUT2D eigenvalue weighted by atomic mass is 9.99. The molecule has 0 fully saturated rings. The zero-order valence-electron chi connectivity index (χ0n) is 14.2. The van der Waals surface area contributed by atoms with Gasteiger partial charge in [-0.3, -0.25) is 9.59 Å². The summed E-state index contributed by atoms with van der Waals surface area (Å²) in [5.74, 6) is -0.324. The van der Waals surface area contributed by atoms with E-state index in [2.05, 4.69) is 5.32 Å². The molecule has 132 valence electrons. The summed E-state index contributed by atoms with van der Waals surface area (Å²) >= 11 is 1.54. The number of fused-ring (bicyclic) bond motifs is 2. The molecule has 3 aromatic rings. The molecule has 4 nitrogen and oxygen atoms in total. The Morgan fingerprint density at radius 2 is 2.04 bits per heavy atom. The van der Waals surface area contributed by atoms with Gasteiger partial charge in [0, 0.05) is 34.3 Å². The molecular weight excluding hydrogens is 351 g/mol. The van der Waals surface area contributed by atoms with E-state index in [1.54, 1.807) is 35.4 Å². The zero-order chi connectivity index (χ0) is 18.3. The first-order valence-electron chi connectivity index (χ1n) is 8.37. The number of rotatable bonds is 3. The fraction of sp³-hybridized carbons (Fsp3) is 0.200. The molecular formula is C20H17FN2O2S. The van der Waals surface area contributed by atoms with Crippen LogP contribution in [0.25, 0.3) is 10.1 Å². The fourth-order valence-corrected chi connectivity index (χ4v) is 4.21. The van der Waals surface area contributed by atoms with Gasteiger partial charge in [0.25, 0.3) is 5.91 Å². The Kier molecular flexibility index (Phi) is 4.20. The SMILES string of the molecule is CN1C(=O)CCc2cc(C(=O)NCc3cc4cc(F)ccc4s3)ccc21. The van der Waals surface area contributed by atoms with E-state index in [1.165, 1.54) is 12.1 Å². The molecule has 2 amide bonds. The lowest BCUT2D eigenvalue weighted by Crippen LogP contribution is -2.31. The van der Waals surface area contributed by atoms with Crippen molar-refractivity contribution in [2.45, 2.75) is 19.4 Å². The molecule has 1 N–H and O–H groups in total. The van der Waals surface area contributed by atoms with Crippen LogP contribution in [0.2, 0.25) is 0 Å². The molecule has 1 aromatic heterocycles. The van der Waals surface area contributed by atoms with E-state index in [1.807, 2.05) is 18.2 Å². The van der Waals surface area contributed by atoms with Crippen molar-refractivity contribution in [2.24, 2.45) is 0 Å². The fourth-order valence-electron chi connectivity index (χ4n) is 3.22. The van der Waals surface area contributed by atoms with Crippen LogP contribution in [-0.2, 0) is 17.8 Å². The highest BCUT2D eigenvalue weighted by molar-refractivity contribution is 7.19. The largest absolute Gasteiger partial charge is 0.347 e. The maximum Gasteiger partial charge on any atom is 0.251 e. The van der Waals surface area contributed by atoms with Crippen LogP contribution in [0.3, 0.4) is 0 Å². The molecule has 2 aromatic carbocycles. The van der Waals surface area contributed by atoms with Gasteiger partial charge in [0.1, 0.15) is 5.82 Å². The lowest BCUT2D eigenvalue weighted by molar-refractivity contribution is -0.118. The predicted octanol–water partition coefficient (Wildman–Crippen LogP) is 3.88. The first-order chi connectivity index (χ1) is 12.5. The van der Waals surface area contributed by atoms with Crippen molar-refractivity contribution in [1.82, 2.24) is 5.32 Å². The molecule has 0 unspecified atom stereocenters. The molecule has 0 spiro atoms. The first kappa shape index (κ1) is 16.7. The molecule has 0 atom stereocenters. The average molecular weight is 368 g/mol. The monoisotopic (exact) mass is 368 g/mol. The number of aryl methyl sites for hydroxylation is 1. The van der Waals surface area contributed by atoms with Crippen molar-refractivity contribution in [3.05, 3.63) is 64.3 Å². The van der Waals surface area contributed by atoms with Crippen LogP contribution in [0.15, 0.2) is 42.5 Å². The van der Waals surface area contributed by atoms with E-state index < -0.39 is 0 Å². The Labute approximate surface area is 154 Å². The van der Waals surface area contributed by atoms with Gasteiger partial charge in [-0.15, -0.1) is 11.3 Å². The molecule has 0 bridgehead atoms. The topological polar surface area (TPSA) is 49.4 Å². The third-order valence-corrected chi connectivity index (χ3v) is 5.75. The van der Waals surface area contributed by atoms with E-state index in [0.717, 1.165) is 26.2 Å². The second-order valence-electron chi connectivity index (χ2n) is 6.37. The van der Waals surface area contributed by atoms with E-state index in [-0.39, 0.29) is 17.6 Å². The van der Waals surface area contributed by atoms with Crippen molar-refractivity contribution in [3.63, 3.8) is 0 Å². The Morgan fingerprint density at radius 1 is 1.19 bits per heavy atom. The van der Waals surface area contributed by atoms with E-state index >= 15 is 0 Å². The minimum Gasteiger partial charge on any atom is -0.347 e. The molecule has 1 aliphatic heterocycles. The summed E-state index contributed by atoms with van der Waals surface area (Å²) in [6.07, 6.45) is 1.12. The van der Waals surface area contributed by atoms with E-state index in [0.29, 0.717) is 24.9 Å². The number of carbonyl (C=O) groups is 2. The Bertz CT molecular complexity index is 1030. The third kappa shape index (κ3) is 3.08. The number of nitrogens with one attached hydrogen (secondary N) is 1. The maximum atomic E-state index is 13.3. The number of thiophene rings is 1. The quantitative estimate of drug-likeness (QED) is 0.763. The minimum absolute atomic E-state index is 0.0934. The number of carbonyl (C=O) groups excluding carboxylic acids is 2. The van der Waals surface area contributed by atoms with Gasteiger partial charge in [-0.2, -0.15) is 0 Å². The van der Waals surface area contributed by atoms with Crippen LogP contribution in [0, 0.1) is 5.82 Å². The van der Waals surface area contributed by atoms with Gasteiger partial charge in [-0.05, 0) is 59.8 Å². The van der Waals surface area contributed by atoms with Gasteiger partial charge in [-0.1, -0.05) is 0 Å². The number of amides is 2. The molecule has 4 rings (SSSR count). The Morgan fingerprint density at radius 3 is 2.88 bits per heavy atom. The zero-order valence-corrected chi connectivity index (χ0v) is 15.0. The van der Waals surface area contributed by atoms with Crippen LogP contribution in [-0.4, -0.2) is 18.9 Å². The lowest BCUT2D eigenvalue weighted by Gasteiger charge is -2.26. The highest BCUT2D eigenvalue weighted by Crippen LogP contribution is 2.28. The molecule has 0 radical (unpaired) electrons. The molecule has 0 aliphatic carbocycles. The molecule has 2 heterocycles. The van der Waals surface area contributed by atoms with Crippen LogP contribution >= 0.6 is 11.3 Å². The van der Waals surface area contributed by atoms with E-state index in [4.69, 9.17) is 0 Å². The average Bonchev–Trinajstić information content (AvgIpc) is 3.04. The number of nitrogens with zero attached hydrogens (tertiary/aromatic N) is 1. The first-order valence-corrected chi connectivity index (χ1v) is 9.18. The number of anilines is 1. The van der Waals surface area contributed by atoms with Crippen molar-refractivity contribution in [3.8, 4) is 0 Å². The van der Waals surface area contributed by atoms with Crippen LogP contribution in [0.1, 0.15) is 27.2 Å². The summed E-state index contributed by atoms with van der Waals surface area (Å²) < 4.78 is 14.3.